The molecule has 19 nitrogen and oxygen atoms in total. The number of unbranched alkanes of at least 4 members (excludes halogenated alkanes) is 2. The van der Waals surface area contributed by atoms with Gasteiger partial charge in [0.05, 0.1) is 51.9 Å². The third kappa shape index (κ3) is 14.4. The second-order valence-electron chi connectivity index (χ2n) is 19.3. The number of rotatable bonds is 23. The van der Waals surface area contributed by atoms with Gasteiger partial charge in [0, 0.05) is 31.5 Å². The number of hydrogen-bond acceptors (Lipinski definition) is 15. The highest BCUT2D eigenvalue weighted by Gasteiger charge is 2.44. The van der Waals surface area contributed by atoms with Gasteiger partial charge < -0.3 is 46.3 Å². The van der Waals surface area contributed by atoms with Crippen molar-refractivity contribution in [3.8, 4) is 33.2 Å². The van der Waals surface area contributed by atoms with Crippen molar-refractivity contribution in [2.24, 2.45) is 11.1 Å². The molecule has 3 aromatic carbocycles. The first-order chi connectivity index (χ1) is 36.1. The van der Waals surface area contributed by atoms with Crippen molar-refractivity contribution < 1.29 is 55.7 Å². The highest BCUT2D eigenvalue weighted by Crippen LogP contribution is 2.39. The number of alkyl halides is 2. The topological polar surface area (TPSA) is 276 Å². The molecule has 1 aliphatic heterocycles. The number of nitrogens with one attached hydrogen (secondary N) is 5. The first-order valence-corrected chi connectivity index (χ1v) is 26.8. The van der Waals surface area contributed by atoms with E-state index >= 15 is 0 Å². The van der Waals surface area contributed by atoms with E-state index in [4.69, 9.17) is 15.2 Å². The van der Waals surface area contributed by atoms with Gasteiger partial charge >= 0.3 is 5.76 Å². The van der Waals surface area contributed by atoms with Gasteiger partial charge in [-0.1, -0.05) is 63.2 Å². The number of carbonyl (C=O) groups excluding carboxylic acids is 3. The second-order valence-corrected chi connectivity index (χ2v) is 21.8. The smallest absolute Gasteiger partial charge is 0.355 e. The number of aryl methyl sites for hydroxylation is 1. The number of aromatic amines is 1. The first-order valence-electron chi connectivity index (χ1n) is 24.4. The van der Waals surface area contributed by atoms with Crippen molar-refractivity contribution in [2.45, 2.75) is 110 Å². The van der Waals surface area contributed by atoms with Crippen LogP contribution in [-0.2, 0) is 31.0 Å². The maximum absolute atomic E-state index is 14.1. The van der Waals surface area contributed by atoms with Crippen LogP contribution in [0.2, 0.25) is 0 Å². The molecule has 0 bridgehead atoms. The first kappa shape index (κ1) is 56.6. The number of amides is 3. The Labute approximate surface area is 441 Å². The molecule has 0 aliphatic carbocycles. The number of halogens is 3. The zero-order chi connectivity index (χ0) is 54.9. The number of anilines is 3. The van der Waals surface area contributed by atoms with Crippen LogP contribution in [0.15, 0.2) is 90.6 Å². The SMILES string of the molecule is Cc1ncsc1-c1ccc(CNC(=O)[C@@H]2C[C@@H](O)CN2C(=O)[C@@H](NC(=O)CCCCCOc2ccc(Nc3n[nH]c(-c4ccc(NS(=O)(=O)C(F)F)c(O[C@@H](C)c5ccc(F)cc5)c4)c3C(N)O)nc2)C(C)(C)C)cc1. The number of nitrogens with zero attached hydrogens (tertiary/aromatic N) is 4. The summed E-state index contributed by atoms with van der Waals surface area (Å²) < 4.78 is 78.4. The highest BCUT2D eigenvalue weighted by atomic mass is 32.2. The third-order valence-corrected chi connectivity index (χ3v) is 14.5. The van der Waals surface area contributed by atoms with E-state index in [9.17, 15) is 46.2 Å². The number of sulfonamides is 1. The summed E-state index contributed by atoms with van der Waals surface area (Å²) >= 11 is 1.55. The summed E-state index contributed by atoms with van der Waals surface area (Å²) in [5, 5.41) is 37.1. The van der Waals surface area contributed by atoms with Crippen LogP contribution in [0.4, 0.5) is 30.5 Å². The molecule has 0 radical (unpaired) electrons. The van der Waals surface area contributed by atoms with Crippen LogP contribution in [0.5, 0.6) is 11.5 Å². The van der Waals surface area contributed by atoms with Crippen LogP contribution < -0.4 is 35.9 Å². The summed E-state index contributed by atoms with van der Waals surface area (Å²) in [4.78, 5) is 51.9. The summed E-state index contributed by atoms with van der Waals surface area (Å²) in [5.41, 5.74) is 10.6. The van der Waals surface area contributed by atoms with E-state index in [1.165, 1.54) is 53.6 Å². The van der Waals surface area contributed by atoms with Gasteiger partial charge in [0.1, 0.15) is 47.5 Å². The Hall–Kier alpha value is -7.12. The Morgan fingerprint density at radius 1 is 0.987 bits per heavy atom. The fourth-order valence-electron chi connectivity index (χ4n) is 8.43. The molecule has 0 spiro atoms. The lowest BCUT2D eigenvalue weighted by atomic mass is 9.85. The van der Waals surface area contributed by atoms with Crippen LogP contribution in [0.25, 0.3) is 21.7 Å². The van der Waals surface area contributed by atoms with E-state index in [0.29, 0.717) is 43.0 Å². The number of benzene rings is 3. The molecule has 3 aromatic heterocycles. The minimum atomic E-state index is -5.11. The fourth-order valence-corrected chi connectivity index (χ4v) is 9.81. The number of likely N-dealkylation sites (tertiary alicyclic amines) is 1. The van der Waals surface area contributed by atoms with Gasteiger partial charge in [-0.2, -0.15) is 13.9 Å². The predicted molar refractivity (Wildman–Crippen MR) is 280 cm³/mol. The second kappa shape index (κ2) is 24.7. The number of aliphatic hydroxyl groups excluding tert-OH is 2. The van der Waals surface area contributed by atoms with Gasteiger partial charge in [0.15, 0.2) is 5.82 Å². The Balaban J connectivity index is 0.886. The lowest BCUT2D eigenvalue weighted by Gasteiger charge is -2.35. The number of hydrogen-bond donors (Lipinski definition) is 8. The number of pyridine rings is 1. The fraction of sp³-hybridized carbons (Fsp3) is 0.385. The zero-order valence-electron chi connectivity index (χ0n) is 42.3. The normalized spacial score (nSPS) is 16.0. The number of thiazole rings is 1. The molecule has 7 rings (SSSR count). The van der Waals surface area contributed by atoms with E-state index in [1.807, 2.05) is 56.7 Å². The molecule has 1 fully saturated rings. The number of carbonyl (C=O) groups is 3. The molecule has 3 amide bonds. The highest BCUT2D eigenvalue weighted by molar-refractivity contribution is 7.93. The molecule has 1 unspecified atom stereocenters. The summed E-state index contributed by atoms with van der Waals surface area (Å²) in [6.45, 7) is 9.54. The van der Waals surface area contributed by atoms with Gasteiger partial charge in [-0.25, -0.2) is 22.8 Å². The molecule has 4 heterocycles. The number of aliphatic hydroxyl groups is 2. The van der Waals surface area contributed by atoms with E-state index in [-0.39, 0.29) is 71.8 Å². The Kier molecular flexibility index (Phi) is 18.4. The summed E-state index contributed by atoms with van der Waals surface area (Å²) in [6, 6.07) is 18.4. The molecular formula is C52H61F3N10O9S2. The van der Waals surface area contributed by atoms with Crippen molar-refractivity contribution >= 4 is 56.4 Å². The zero-order valence-corrected chi connectivity index (χ0v) is 44.0. The lowest BCUT2D eigenvalue weighted by Crippen LogP contribution is -2.57. The number of nitrogens with two attached hydrogens (primary N) is 1. The third-order valence-electron chi connectivity index (χ3n) is 12.5. The van der Waals surface area contributed by atoms with Crippen LogP contribution in [0, 0.1) is 18.2 Å². The van der Waals surface area contributed by atoms with E-state index < -0.39 is 63.4 Å². The standard InChI is InChI=1S/C52H61F3N10O9S2/c1-29-45(75-28-59-29)33-12-10-31(11-13-33)25-58-49(69)39-24-36(66)27-65(39)50(70)46(52(3,4)5)61-42(67)9-7-6-8-22-73-37-19-21-41(57-26-37)60-48-43(47(56)68)44(62-63-48)34-16-20-38(64-76(71,72)51(54)55)40(23-34)74-30(2)32-14-17-35(53)18-15-32/h10-21,23,26,28,30,36,39,46-47,51,64,66,68H,6-9,22,24-25,27,56H2,1-5H3,(H,58,69)(H,61,67)(H2,57,60,62,63)/t30-,36+,39-,46+,47?/m0/s1. The number of β-amino-alcohol motifs (C(OH)–C–C–N with tert-alkyl or cyclic N) is 1. The van der Waals surface area contributed by atoms with Crippen molar-refractivity contribution in [3.63, 3.8) is 0 Å². The molecule has 1 saturated heterocycles. The summed E-state index contributed by atoms with van der Waals surface area (Å²) in [5.74, 6) is -4.75. The van der Waals surface area contributed by atoms with Crippen LogP contribution >= 0.6 is 11.3 Å². The molecule has 406 valence electrons. The van der Waals surface area contributed by atoms with Crippen molar-refractivity contribution in [1.29, 1.82) is 0 Å². The largest absolute Gasteiger partial charge is 0.492 e. The van der Waals surface area contributed by atoms with Gasteiger partial charge in [0.25, 0.3) is 10.0 Å². The van der Waals surface area contributed by atoms with Crippen LogP contribution in [-0.4, -0.2) is 98.5 Å². The summed E-state index contributed by atoms with van der Waals surface area (Å²) in [7, 11) is -5.11. The Bertz CT molecular complexity index is 3060. The lowest BCUT2D eigenvalue weighted by molar-refractivity contribution is -0.144. The monoisotopic (exact) mass is 1090 g/mol. The number of aromatic nitrogens is 4. The van der Waals surface area contributed by atoms with Gasteiger partial charge in [-0.05, 0) is 91.6 Å². The van der Waals surface area contributed by atoms with Crippen LogP contribution in [0.3, 0.4) is 0 Å². The molecule has 1 aliphatic rings. The molecule has 0 saturated carbocycles. The number of H-pyrrole nitrogens is 1. The maximum Gasteiger partial charge on any atom is 0.355 e. The molecule has 24 heteroatoms. The Morgan fingerprint density at radius 2 is 1.71 bits per heavy atom. The van der Waals surface area contributed by atoms with Crippen LogP contribution in [0.1, 0.15) is 94.5 Å². The molecule has 9 N–H and O–H groups in total. The summed E-state index contributed by atoms with van der Waals surface area (Å²) in [6.07, 6.45) is 0.110. The van der Waals surface area contributed by atoms with E-state index in [1.54, 1.807) is 35.9 Å². The predicted octanol–water partition coefficient (Wildman–Crippen LogP) is 7.59. The van der Waals surface area contributed by atoms with Crippen molar-refractivity contribution in [2.75, 3.05) is 23.2 Å². The molecular weight excluding hydrogens is 1030 g/mol. The minimum absolute atomic E-state index is 0.0352. The average Bonchev–Trinajstić information content (AvgIpc) is 4.13. The molecule has 76 heavy (non-hydrogen) atoms. The molecule has 5 atom stereocenters. The van der Waals surface area contributed by atoms with E-state index in [2.05, 4.69) is 36.1 Å². The van der Waals surface area contributed by atoms with E-state index in [0.717, 1.165) is 21.7 Å². The average molecular weight is 1090 g/mol. The maximum atomic E-state index is 14.1. The van der Waals surface area contributed by atoms with Gasteiger partial charge in [-0.15, -0.1) is 11.3 Å². The van der Waals surface area contributed by atoms with Gasteiger partial charge in [0.2, 0.25) is 17.7 Å². The quantitative estimate of drug-likeness (QED) is 0.0227. The number of ether oxygens (including phenoxy) is 2. The van der Waals surface area contributed by atoms with Crippen molar-refractivity contribution in [1.82, 2.24) is 35.7 Å². The van der Waals surface area contributed by atoms with Crippen molar-refractivity contribution in [3.05, 3.63) is 119 Å². The Morgan fingerprint density at radius 3 is 2.36 bits per heavy atom. The molecule has 6 aromatic rings. The minimum Gasteiger partial charge on any atom is -0.492 e. The van der Waals surface area contributed by atoms with Gasteiger partial charge in [-0.3, -0.25) is 24.2 Å².